The summed E-state index contributed by atoms with van der Waals surface area (Å²) < 4.78 is 30.7. The van der Waals surface area contributed by atoms with Crippen LogP contribution in [0.2, 0.25) is 0 Å². The molecule has 1 aromatic rings. The van der Waals surface area contributed by atoms with E-state index < -0.39 is 10.1 Å². The van der Waals surface area contributed by atoms with Gasteiger partial charge in [0.15, 0.2) is 12.3 Å². The topological polar surface area (TPSA) is 60.4 Å². The van der Waals surface area contributed by atoms with Crippen LogP contribution in [0.5, 0.6) is 0 Å². The van der Waals surface area contributed by atoms with Crippen LogP contribution in [0.3, 0.4) is 0 Å². The molecule has 2 atom stereocenters. The number of hydrogen-bond donors (Lipinski definition) is 0. The molecule has 0 bridgehead atoms. The Labute approximate surface area is 132 Å². The Morgan fingerprint density at radius 3 is 2.45 bits per heavy atom. The van der Waals surface area contributed by atoms with Gasteiger partial charge in [-0.2, -0.15) is 13.1 Å². The molecule has 2 rings (SSSR count). The van der Waals surface area contributed by atoms with Crippen LogP contribution in [-0.4, -0.2) is 38.0 Å². The monoisotopic (exact) mass is 326 g/mol. The number of Topliss-reactive ketones (excluding diaryl/α,β-unsaturated/α-hetero) is 1. The Kier molecular flexibility index (Phi) is 5.04. The van der Waals surface area contributed by atoms with Crippen molar-refractivity contribution in [3.8, 4) is 0 Å². The summed E-state index contributed by atoms with van der Waals surface area (Å²) in [5.74, 6) is 0.0608. The zero-order valence-electron chi connectivity index (χ0n) is 13.4. The molecule has 1 aromatic carbocycles. The number of rotatable bonds is 5. The van der Waals surface area contributed by atoms with Crippen molar-refractivity contribution in [2.45, 2.75) is 51.0 Å². The molecule has 0 amide bonds. The Morgan fingerprint density at radius 2 is 1.91 bits per heavy atom. The zero-order chi connectivity index (χ0) is 16.4. The lowest BCUT2D eigenvalue weighted by atomic mass is 10.1. The summed E-state index contributed by atoms with van der Waals surface area (Å²) in [6.45, 7) is 6.48. The second-order valence-corrected chi connectivity index (χ2v) is 7.60. The van der Waals surface area contributed by atoms with Gasteiger partial charge in [-0.3, -0.25) is 4.79 Å². The molecule has 0 aliphatic carbocycles. The van der Waals surface area contributed by atoms with Crippen LogP contribution in [-0.2, 0) is 19.2 Å². The Morgan fingerprint density at radius 1 is 1.27 bits per heavy atom. The lowest BCUT2D eigenvalue weighted by Crippen LogP contribution is -2.60. The van der Waals surface area contributed by atoms with Crippen molar-refractivity contribution in [2.24, 2.45) is 0 Å². The summed E-state index contributed by atoms with van der Waals surface area (Å²) in [5.41, 5.74) is 0.984. The summed E-state index contributed by atoms with van der Waals surface area (Å²) in [5, 5.41) is 0. The predicted octanol–water partition coefficient (Wildman–Crippen LogP) is 2.59. The molecule has 1 fully saturated rings. The first-order valence-corrected chi connectivity index (χ1v) is 9.11. The standard InChI is InChI=1S/C16H24NO4S/c1-4-14(3)17(11-5-6-15(18)12-17)21-22(19,20)16-9-7-13(2)8-10-16/h7-10,14H,4-6,11-12H2,1-3H3/q+1. The van der Waals surface area contributed by atoms with Crippen molar-refractivity contribution < 1.29 is 22.1 Å². The van der Waals surface area contributed by atoms with E-state index in [1.54, 1.807) is 24.3 Å². The zero-order valence-corrected chi connectivity index (χ0v) is 14.2. The maximum Gasteiger partial charge on any atom is 0.342 e. The summed E-state index contributed by atoms with van der Waals surface area (Å²) in [6, 6.07) is 6.52. The number of nitrogens with zero attached hydrogens (tertiary/aromatic N) is 1. The molecule has 2 unspecified atom stereocenters. The summed E-state index contributed by atoms with van der Waals surface area (Å²) in [7, 11) is -3.89. The first-order valence-electron chi connectivity index (χ1n) is 7.70. The van der Waals surface area contributed by atoms with Crippen LogP contribution in [0.25, 0.3) is 0 Å². The number of aryl methyl sites for hydroxylation is 1. The molecule has 0 radical (unpaired) electrons. The molecule has 0 spiro atoms. The van der Waals surface area contributed by atoms with Crippen LogP contribution < -0.4 is 0 Å². The number of likely N-dealkylation sites (tertiary alicyclic amines) is 1. The molecular formula is C16H24NO4S+. The van der Waals surface area contributed by atoms with E-state index in [1.165, 1.54) is 0 Å². The average molecular weight is 326 g/mol. The van der Waals surface area contributed by atoms with E-state index in [2.05, 4.69) is 0 Å². The second kappa shape index (κ2) is 6.48. The molecule has 6 heteroatoms. The van der Waals surface area contributed by atoms with Gasteiger partial charge >= 0.3 is 10.1 Å². The van der Waals surface area contributed by atoms with E-state index in [1.807, 2.05) is 20.8 Å². The minimum Gasteiger partial charge on any atom is -0.293 e. The quantitative estimate of drug-likeness (QED) is 0.780. The number of hydroxylamine groups is 3. The van der Waals surface area contributed by atoms with E-state index in [9.17, 15) is 13.2 Å². The van der Waals surface area contributed by atoms with Crippen molar-refractivity contribution in [3.63, 3.8) is 0 Å². The van der Waals surface area contributed by atoms with Crippen LogP contribution in [0.1, 0.15) is 38.7 Å². The van der Waals surface area contributed by atoms with Gasteiger partial charge in [0.2, 0.25) is 0 Å². The number of quaternary nitrogens is 1. The number of piperidine rings is 1. The summed E-state index contributed by atoms with van der Waals surface area (Å²) in [4.78, 5) is 12.0. The van der Waals surface area contributed by atoms with Gasteiger partial charge in [-0.15, -0.1) is 0 Å². The van der Waals surface area contributed by atoms with E-state index >= 15 is 0 Å². The molecule has 0 aromatic heterocycles. The smallest absolute Gasteiger partial charge is 0.293 e. The molecule has 0 saturated carbocycles. The molecule has 1 aliphatic heterocycles. The third-order valence-corrected chi connectivity index (χ3v) is 5.73. The first-order chi connectivity index (χ1) is 10.3. The van der Waals surface area contributed by atoms with Gasteiger partial charge in [-0.25, -0.2) is 0 Å². The van der Waals surface area contributed by atoms with Gasteiger partial charge < -0.3 is 0 Å². The minimum absolute atomic E-state index is 0.0514. The van der Waals surface area contributed by atoms with Crippen molar-refractivity contribution in [1.82, 2.24) is 0 Å². The van der Waals surface area contributed by atoms with Gasteiger partial charge in [-0.05, 0) is 32.4 Å². The van der Waals surface area contributed by atoms with Gasteiger partial charge in [0.1, 0.15) is 12.6 Å². The number of hydrogen-bond acceptors (Lipinski definition) is 4. The maximum atomic E-state index is 12.6. The van der Waals surface area contributed by atoms with E-state index in [0.29, 0.717) is 19.4 Å². The van der Waals surface area contributed by atoms with Crippen molar-refractivity contribution in [3.05, 3.63) is 29.8 Å². The largest absolute Gasteiger partial charge is 0.342 e. The molecule has 1 saturated heterocycles. The summed E-state index contributed by atoms with van der Waals surface area (Å²) in [6.07, 6.45) is 1.91. The first kappa shape index (κ1) is 17.1. The molecule has 1 aliphatic rings. The van der Waals surface area contributed by atoms with Crippen molar-refractivity contribution in [2.75, 3.05) is 13.1 Å². The lowest BCUT2D eigenvalue weighted by molar-refractivity contribution is -1.09. The molecular weight excluding hydrogens is 302 g/mol. The Balaban J connectivity index is 2.33. The third kappa shape index (κ3) is 3.56. The van der Waals surface area contributed by atoms with Gasteiger partial charge in [0.25, 0.3) is 0 Å². The Hall–Kier alpha value is -1.24. The van der Waals surface area contributed by atoms with Crippen LogP contribution in [0.15, 0.2) is 29.2 Å². The van der Waals surface area contributed by atoms with E-state index in [-0.39, 0.29) is 27.9 Å². The Bertz CT molecular complexity index is 639. The van der Waals surface area contributed by atoms with E-state index in [0.717, 1.165) is 12.0 Å². The second-order valence-electron chi connectivity index (χ2n) is 6.08. The average Bonchev–Trinajstić information content (AvgIpc) is 2.46. The molecule has 5 nitrogen and oxygen atoms in total. The van der Waals surface area contributed by atoms with E-state index in [4.69, 9.17) is 4.28 Å². The molecule has 1 heterocycles. The van der Waals surface area contributed by atoms with Gasteiger partial charge in [0.05, 0.1) is 4.90 Å². The van der Waals surface area contributed by atoms with Crippen molar-refractivity contribution >= 4 is 15.9 Å². The van der Waals surface area contributed by atoms with Gasteiger partial charge in [-0.1, -0.05) is 28.9 Å². The molecule has 122 valence electrons. The van der Waals surface area contributed by atoms with Crippen molar-refractivity contribution in [1.29, 1.82) is 0 Å². The normalized spacial score (nSPS) is 24.2. The fourth-order valence-corrected chi connectivity index (χ4v) is 4.01. The van der Waals surface area contributed by atoms with Crippen LogP contribution in [0, 0.1) is 6.92 Å². The highest BCUT2D eigenvalue weighted by Crippen LogP contribution is 2.28. The number of carbonyl (C=O) groups is 1. The fraction of sp³-hybridized carbons (Fsp3) is 0.562. The lowest BCUT2D eigenvalue weighted by Gasteiger charge is -2.40. The van der Waals surface area contributed by atoms with Gasteiger partial charge in [0, 0.05) is 12.8 Å². The van der Waals surface area contributed by atoms with Crippen LogP contribution in [0.4, 0.5) is 0 Å². The SMILES string of the molecule is CCC(C)[N+]1(OS(=O)(=O)c2ccc(C)cc2)CCCC(=O)C1. The molecule has 0 N–H and O–H groups in total. The predicted molar refractivity (Wildman–Crippen MR) is 83.4 cm³/mol. The number of benzene rings is 1. The highest BCUT2D eigenvalue weighted by atomic mass is 32.2. The highest BCUT2D eigenvalue weighted by Gasteiger charge is 2.45. The maximum absolute atomic E-state index is 12.6. The molecule has 22 heavy (non-hydrogen) atoms. The van der Waals surface area contributed by atoms with Crippen LogP contribution >= 0.6 is 0 Å². The fourth-order valence-electron chi connectivity index (χ4n) is 2.79. The number of ketones is 1. The third-order valence-electron chi connectivity index (χ3n) is 4.39. The highest BCUT2D eigenvalue weighted by molar-refractivity contribution is 7.86. The number of carbonyl (C=O) groups excluding carboxylic acids is 1. The summed E-state index contributed by atoms with van der Waals surface area (Å²) >= 11 is 0. The minimum atomic E-state index is -3.89.